The number of carbonyl (C=O) groups is 2. The molecule has 0 aliphatic heterocycles. The molecule has 1 aliphatic carbocycles. The van der Waals surface area contributed by atoms with Crippen LogP contribution in [0.5, 0.6) is 0 Å². The van der Waals surface area contributed by atoms with Crippen LogP contribution >= 0.6 is 0 Å². The number of fused-ring (bicyclic) bond motifs is 1. The molecule has 2 N–H and O–H groups in total. The molecule has 5 rings (SSSR count). The van der Waals surface area contributed by atoms with Gasteiger partial charge in [0.2, 0.25) is 0 Å². The summed E-state index contributed by atoms with van der Waals surface area (Å²) in [6.45, 7) is 3.79. The van der Waals surface area contributed by atoms with Crippen LogP contribution in [-0.4, -0.2) is 36.7 Å². The van der Waals surface area contributed by atoms with Crippen LogP contribution in [0.4, 0.5) is 0 Å². The van der Waals surface area contributed by atoms with Crippen LogP contribution in [0.3, 0.4) is 0 Å². The molecule has 0 atom stereocenters. The van der Waals surface area contributed by atoms with E-state index in [9.17, 15) is 9.59 Å². The number of nitrogens with zero attached hydrogens (tertiary/aromatic N) is 3. The minimum Gasteiger partial charge on any atom is -0.339 e. The van der Waals surface area contributed by atoms with Crippen LogP contribution < -0.4 is 0 Å². The molecule has 31 heavy (non-hydrogen) atoms. The highest BCUT2D eigenvalue weighted by atomic mass is 16.1. The van der Waals surface area contributed by atoms with Crippen molar-refractivity contribution in [2.24, 2.45) is 5.92 Å². The Morgan fingerprint density at radius 1 is 1.10 bits per heavy atom. The minimum absolute atomic E-state index is 0.0355. The second kappa shape index (κ2) is 7.58. The summed E-state index contributed by atoms with van der Waals surface area (Å²) >= 11 is 0. The molecule has 4 aromatic heterocycles. The number of aromatic amines is 2. The Kier molecular flexibility index (Phi) is 4.73. The van der Waals surface area contributed by atoms with E-state index < -0.39 is 0 Å². The van der Waals surface area contributed by atoms with Gasteiger partial charge >= 0.3 is 0 Å². The van der Waals surface area contributed by atoms with E-state index >= 15 is 0 Å². The number of Topliss-reactive ketones (excluding diaryl/α,β-unsaturated/α-hetero) is 2. The van der Waals surface area contributed by atoms with Crippen molar-refractivity contribution in [2.75, 3.05) is 0 Å². The number of aryl methyl sites for hydroxylation is 1. The van der Waals surface area contributed by atoms with Gasteiger partial charge in [-0.2, -0.15) is 5.10 Å². The van der Waals surface area contributed by atoms with Gasteiger partial charge in [-0.3, -0.25) is 19.7 Å². The zero-order valence-electron chi connectivity index (χ0n) is 17.5. The summed E-state index contributed by atoms with van der Waals surface area (Å²) in [6.07, 6.45) is 6.49. The Hall–Kier alpha value is -3.61. The molecular weight excluding hydrogens is 390 g/mol. The molecule has 4 heterocycles. The normalized spacial score (nSPS) is 13.6. The summed E-state index contributed by atoms with van der Waals surface area (Å²) in [4.78, 5) is 37.1. The first-order valence-corrected chi connectivity index (χ1v) is 10.5. The maximum absolute atomic E-state index is 12.6. The van der Waals surface area contributed by atoms with Crippen LogP contribution in [0.25, 0.3) is 22.3 Å². The van der Waals surface area contributed by atoms with Crippen molar-refractivity contribution < 1.29 is 9.59 Å². The molecule has 0 unspecified atom stereocenters. The van der Waals surface area contributed by atoms with Gasteiger partial charge in [-0.1, -0.05) is 0 Å². The molecule has 0 amide bonds. The quantitative estimate of drug-likeness (QED) is 0.438. The lowest BCUT2D eigenvalue weighted by Crippen LogP contribution is -2.06. The van der Waals surface area contributed by atoms with E-state index in [2.05, 4.69) is 25.1 Å². The SMILES string of the molecule is Cc1[nH]nc(C(=O)Cc2cnc3[nH]c(-c4ccnc(C(=O)CC5CC5)c4)cc3c2)c1C. The highest BCUT2D eigenvalue weighted by Crippen LogP contribution is 2.33. The summed E-state index contributed by atoms with van der Waals surface area (Å²) in [7, 11) is 0. The highest BCUT2D eigenvalue weighted by Gasteiger charge is 2.25. The van der Waals surface area contributed by atoms with Gasteiger partial charge in [0.25, 0.3) is 0 Å². The summed E-state index contributed by atoms with van der Waals surface area (Å²) in [6, 6.07) is 7.68. The number of aromatic nitrogens is 5. The molecule has 1 saturated carbocycles. The van der Waals surface area contributed by atoms with Crippen LogP contribution in [0.2, 0.25) is 0 Å². The predicted molar refractivity (Wildman–Crippen MR) is 117 cm³/mol. The summed E-state index contributed by atoms with van der Waals surface area (Å²) in [5.74, 6) is 0.598. The first-order chi connectivity index (χ1) is 15.0. The van der Waals surface area contributed by atoms with Gasteiger partial charge in [0.1, 0.15) is 17.0 Å². The van der Waals surface area contributed by atoms with Crippen molar-refractivity contribution in [1.29, 1.82) is 0 Å². The maximum Gasteiger partial charge on any atom is 0.187 e. The number of carbonyl (C=O) groups excluding carboxylic acids is 2. The number of pyridine rings is 2. The Balaban J connectivity index is 1.39. The molecule has 0 aromatic carbocycles. The van der Waals surface area contributed by atoms with E-state index in [0.717, 1.165) is 52.0 Å². The monoisotopic (exact) mass is 413 g/mol. The molecule has 7 heteroatoms. The average molecular weight is 413 g/mol. The maximum atomic E-state index is 12.6. The topological polar surface area (TPSA) is 104 Å². The first kappa shape index (κ1) is 19.4. The third-order valence-corrected chi connectivity index (χ3v) is 5.94. The van der Waals surface area contributed by atoms with Gasteiger partial charge < -0.3 is 4.98 Å². The smallest absolute Gasteiger partial charge is 0.187 e. The fraction of sp³-hybridized carbons (Fsp3) is 0.292. The van der Waals surface area contributed by atoms with E-state index in [1.54, 1.807) is 12.4 Å². The molecule has 0 bridgehead atoms. The summed E-state index contributed by atoms with van der Waals surface area (Å²) in [5, 5.41) is 7.90. The van der Waals surface area contributed by atoms with E-state index in [1.165, 1.54) is 0 Å². The van der Waals surface area contributed by atoms with Gasteiger partial charge in [-0.05, 0) is 62.4 Å². The molecule has 7 nitrogen and oxygen atoms in total. The molecule has 0 saturated heterocycles. The van der Waals surface area contributed by atoms with Gasteiger partial charge in [-0.15, -0.1) is 0 Å². The van der Waals surface area contributed by atoms with Crippen LogP contribution in [-0.2, 0) is 6.42 Å². The largest absolute Gasteiger partial charge is 0.339 e. The van der Waals surface area contributed by atoms with Crippen molar-refractivity contribution in [3.05, 3.63) is 64.9 Å². The van der Waals surface area contributed by atoms with Gasteiger partial charge in [-0.25, -0.2) is 4.98 Å². The van der Waals surface area contributed by atoms with Gasteiger partial charge in [0.15, 0.2) is 11.6 Å². The number of H-pyrrole nitrogens is 2. The zero-order valence-corrected chi connectivity index (χ0v) is 17.5. The van der Waals surface area contributed by atoms with E-state index in [1.807, 2.05) is 38.1 Å². The van der Waals surface area contributed by atoms with E-state index in [-0.39, 0.29) is 18.0 Å². The third-order valence-electron chi connectivity index (χ3n) is 5.94. The molecular formula is C24H23N5O2. The lowest BCUT2D eigenvalue weighted by atomic mass is 10.0. The molecule has 0 radical (unpaired) electrons. The zero-order chi connectivity index (χ0) is 21.5. The number of nitrogens with one attached hydrogen (secondary N) is 2. The lowest BCUT2D eigenvalue weighted by Gasteiger charge is -2.02. The second-order valence-corrected chi connectivity index (χ2v) is 8.39. The van der Waals surface area contributed by atoms with Crippen molar-refractivity contribution in [3.8, 4) is 11.3 Å². The third kappa shape index (κ3) is 3.91. The van der Waals surface area contributed by atoms with Gasteiger partial charge in [0.05, 0.1) is 0 Å². The number of hydrogen-bond acceptors (Lipinski definition) is 5. The number of hydrogen-bond donors (Lipinski definition) is 2. The van der Waals surface area contributed by atoms with Crippen LogP contribution in [0.1, 0.15) is 57.1 Å². The predicted octanol–water partition coefficient (Wildman–Crippen LogP) is 4.37. The molecule has 4 aromatic rings. The molecule has 1 aliphatic rings. The number of rotatable bonds is 7. The van der Waals surface area contributed by atoms with Gasteiger partial charge in [0, 0.05) is 53.1 Å². The van der Waals surface area contributed by atoms with Crippen molar-refractivity contribution in [3.63, 3.8) is 0 Å². The first-order valence-electron chi connectivity index (χ1n) is 10.5. The van der Waals surface area contributed by atoms with Crippen molar-refractivity contribution in [1.82, 2.24) is 25.1 Å². The van der Waals surface area contributed by atoms with Crippen molar-refractivity contribution >= 4 is 22.6 Å². The molecule has 0 spiro atoms. The average Bonchev–Trinajstić information content (AvgIpc) is 3.37. The standard InChI is InChI=1S/C24H23N5O2/c1-13-14(2)28-29-23(13)22(31)9-16-7-18-11-19(27-24(18)26-12-16)17-5-6-25-20(10-17)21(30)8-15-3-4-15/h5-7,10-12,15H,3-4,8-9H2,1-2H3,(H,26,27)(H,28,29). The van der Waals surface area contributed by atoms with E-state index in [4.69, 9.17) is 0 Å². The second-order valence-electron chi connectivity index (χ2n) is 8.39. The molecule has 1 fully saturated rings. The highest BCUT2D eigenvalue weighted by molar-refractivity contribution is 5.98. The Bertz CT molecular complexity index is 1310. The molecule has 156 valence electrons. The summed E-state index contributed by atoms with van der Waals surface area (Å²) in [5.41, 5.74) is 6.10. The van der Waals surface area contributed by atoms with Crippen LogP contribution in [0, 0.1) is 19.8 Å². The Morgan fingerprint density at radius 2 is 1.94 bits per heavy atom. The Labute approximate surface area is 179 Å². The minimum atomic E-state index is -0.0355. The fourth-order valence-corrected chi connectivity index (χ4v) is 3.78. The van der Waals surface area contributed by atoms with Crippen molar-refractivity contribution in [2.45, 2.75) is 39.5 Å². The summed E-state index contributed by atoms with van der Waals surface area (Å²) < 4.78 is 0. The lowest BCUT2D eigenvalue weighted by molar-refractivity contribution is 0.0968. The van der Waals surface area contributed by atoms with Crippen LogP contribution in [0.15, 0.2) is 36.7 Å². The van der Waals surface area contributed by atoms with E-state index in [0.29, 0.717) is 23.7 Å². The fourth-order valence-electron chi connectivity index (χ4n) is 3.78. The Morgan fingerprint density at radius 3 is 2.68 bits per heavy atom. The number of ketones is 2.